The van der Waals surface area contributed by atoms with Gasteiger partial charge in [-0.1, -0.05) is 24.4 Å². The minimum atomic E-state index is -0.812. The second-order valence-corrected chi connectivity index (χ2v) is 16.7. The standard InChI is InChI=1S/C15H18FN3O3S2.C14H18FN3O3S.C3H6S/c1-10(23)17-14-9-19(15(20)22-14)11-2-3-13(12(16)8-11)18-4-6-24(21)7-5-18;15-12-7-10(18-9-11(8-16)21-14(18)19)1-2-13(12)17-3-5-22(20)6-4-17;1-3(2)4/h2-3,8,14H,4-7,9H2,1H3,(H,17,23);1-2,7,11H,3-6,8-9,16H2;1-2H3/t14-;11-;/m10./s1. The average molecular weight is 773 g/mol. The second-order valence-electron chi connectivity index (χ2n) is 11.9. The number of nitrogens with zero attached hydrogens (tertiary/aromatic N) is 4. The molecule has 2 aromatic rings. The Morgan fingerprint density at radius 1 is 0.800 bits per heavy atom. The van der Waals surface area contributed by atoms with Crippen LogP contribution in [-0.4, -0.2) is 112 Å². The van der Waals surface area contributed by atoms with Gasteiger partial charge in [0.1, 0.15) is 17.7 Å². The lowest BCUT2D eigenvalue weighted by Gasteiger charge is -2.29. The number of halogens is 2. The molecule has 0 bridgehead atoms. The van der Waals surface area contributed by atoms with Gasteiger partial charge < -0.3 is 30.3 Å². The van der Waals surface area contributed by atoms with Crippen molar-refractivity contribution < 1.29 is 36.3 Å². The smallest absolute Gasteiger partial charge is 0.416 e. The Morgan fingerprint density at radius 2 is 1.22 bits per heavy atom. The van der Waals surface area contributed by atoms with E-state index in [0.29, 0.717) is 83.5 Å². The molecule has 4 aliphatic rings. The number of nitrogens with two attached hydrogens (primary N) is 1. The van der Waals surface area contributed by atoms with Gasteiger partial charge in [0.05, 0.1) is 40.8 Å². The van der Waals surface area contributed by atoms with Gasteiger partial charge in [0.2, 0.25) is 0 Å². The number of hydrogen-bond acceptors (Lipinski definition) is 11. The predicted molar refractivity (Wildman–Crippen MR) is 203 cm³/mol. The van der Waals surface area contributed by atoms with Crippen molar-refractivity contribution in [2.75, 3.05) is 88.4 Å². The minimum absolute atomic E-state index is 0.244. The van der Waals surface area contributed by atoms with Crippen molar-refractivity contribution in [1.29, 1.82) is 0 Å². The first-order valence-corrected chi connectivity index (χ1v) is 19.7. The van der Waals surface area contributed by atoms with E-state index >= 15 is 0 Å². The number of amides is 2. The van der Waals surface area contributed by atoms with Crippen LogP contribution in [0.3, 0.4) is 0 Å². The fourth-order valence-electron chi connectivity index (χ4n) is 5.43. The first kappa shape index (κ1) is 39.5. The van der Waals surface area contributed by atoms with E-state index in [0.717, 1.165) is 4.86 Å². The van der Waals surface area contributed by atoms with Crippen LogP contribution in [0.1, 0.15) is 20.8 Å². The van der Waals surface area contributed by atoms with Gasteiger partial charge in [0, 0.05) is 77.3 Å². The third kappa shape index (κ3) is 10.8. The molecule has 4 heterocycles. The third-order valence-electron chi connectivity index (χ3n) is 7.84. The number of benzene rings is 2. The minimum Gasteiger partial charge on any atom is -0.443 e. The van der Waals surface area contributed by atoms with Crippen LogP contribution < -0.4 is 30.7 Å². The van der Waals surface area contributed by atoms with Crippen molar-refractivity contribution in [3.05, 3.63) is 48.0 Å². The molecule has 18 heteroatoms. The van der Waals surface area contributed by atoms with E-state index in [1.54, 1.807) is 31.2 Å². The zero-order chi connectivity index (χ0) is 36.5. The molecule has 0 aliphatic carbocycles. The van der Waals surface area contributed by atoms with Crippen LogP contribution in [-0.2, 0) is 31.1 Å². The molecule has 3 N–H and O–H groups in total. The molecule has 4 saturated heterocycles. The monoisotopic (exact) mass is 772 g/mol. The molecular formula is C32H42F2N6O6S4. The van der Waals surface area contributed by atoms with E-state index in [1.165, 1.54) is 21.9 Å². The van der Waals surface area contributed by atoms with Crippen molar-refractivity contribution >= 4 is 90.8 Å². The normalized spacial score (nSPS) is 21.1. The zero-order valence-corrected chi connectivity index (χ0v) is 31.4. The highest BCUT2D eigenvalue weighted by Crippen LogP contribution is 2.30. The maximum atomic E-state index is 14.5. The molecule has 0 spiro atoms. The van der Waals surface area contributed by atoms with E-state index in [-0.39, 0.29) is 19.2 Å². The Bertz CT molecular complexity index is 1610. The highest BCUT2D eigenvalue weighted by molar-refractivity contribution is 7.85. The number of carbonyl (C=O) groups is 2. The average Bonchev–Trinajstić information content (AvgIpc) is 3.62. The van der Waals surface area contributed by atoms with Gasteiger partial charge in [-0.05, 0) is 62.0 Å². The van der Waals surface area contributed by atoms with Gasteiger partial charge in [0.15, 0.2) is 6.23 Å². The van der Waals surface area contributed by atoms with Crippen LogP contribution in [0, 0.1) is 11.6 Å². The second kappa shape index (κ2) is 18.3. The van der Waals surface area contributed by atoms with E-state index < -0.39 is 51.6 Å². The first-order chi connectivity index (χ1) is 23.7. The number of ether oxygens (including phenoxy) is 2. The Balaban J connectivity index is 0.000000204. The summed E-state index contributed by atoms with van der Waals surface area (Å²) in [6.07, 6.45) is -1.93. The van der Waals surface area contributed by atoms with Crippen LogP contribution >= 0.6 is 24.4 Å². The molecule has 2 aromatic carbocycles. The molecule has 2 amide bonds. The largest absolute Gasteiger partial charge is 0.443 e. The SMILES string of the molecule is CC(=S)N[C@H]1CN(c2ccc(N3CCS(=O)CC3)c(F)c2)C(=O)O1.CC(C)=S.NC[C@H]1CN(c2ccc(N3CCS(=O)CC3)c(F)c2)C(=O)O1. The maximum Gasteiger partial charge on any atom is 0.416 e. The lowest BCUT2D eigenvalue weighted by Crippen LogP contribution is -2.38. The summed E-state index contributed by atoms with van der Waals surface area (Å²) in [6.45, 7) is 8.60. The number of carbonyl (C=O) groups excluding carboxylic acids is 2. The lowest BCUT2D eigenvalue weighted by atomic mass is 10.2. The summed E-state index contributed by atoms with van der Waals surface area (Å²) >= 11 is 9.47. The first-order valence-electron chi connectivity index (χ1n) is 15.9. The Labute approximate surface area is 306 Å². The number of anilines is 4. The van der Waals surface area contributed by atoms with Crippen molar-refractivity contribution in [3.63, 3.8) is 0 Å². The maximum absolute atomic E-state index is 14.5. The van der Waals surface area contributed by atoms with Crippen molar-refractivity contribution in [2.45, 2.75) is 33.1 Å². The van der Waals surface area contributed by atoms with Gasteiger partial charge in [-0.2, -0.15) is 0 Å². The molecule has 2 atom stereocenters. The fraction of sp³-hybridized carbons (Fsp3) is 0.500. The topological polar surface area (TPSA) is 138 Å². The summed E-state index contributed by atoms with van der Waals surface area (Å²) in [6, 6.07) is 9.36. The summed E-state index contributed by atoms with van der Waals surface area (Å²) in [4.78, 5) is 31.8. The van der Waals surface area contributed by atoms with E-state index in [1.807, 2.05) is 23.6 Å². The van der Waals surface area contributed by atoms with Gasteiger partial charge in [0.25, 0.3) is 0 Å². The fourth-order valence-corrected chi connectivity index (χ4v) is 7.66. The molecule has 6 rings (SSSR count). The molecule has 50 heavy (non-hydrogen) atoms. The number of rotatable bonds is 6. The number of thiocarbonyl (C=S) groups is 2. The third-order valence-corrected chi connectivity index (χ3v) is 10.5. The summed E-state index contributed by atoms with van der Waals surface area (Å²) in [7, 11) is -1.62. The molecule has 0 unspecified atom stereocenters. The Morgan fingerprint density at radius 3 is 1.60 bits per heavy atom. The molecule has 4 aliphatic heterocycles. The molecule has 0 aromatic heterocycles. The quantitative estimate of drug-likeness (QED) is 0.415. The van der Waals surface area contributed by atoms with Gasteiger partial charge in [-0.25, -0.2) is 18.4 Å². The molecule has 0 saturated carbocycles. The molecule has 12 nitrogen and oxygen atoms in total. The summed E-state index contributed by atoms with van der Waals surface area (Å²) in [5.41, 5.74) is 7.33. The summed E-state index contributed by atoms with van der Waals surface area (Å²) in [5.74, 6) is 1.40. The highest BCUT2D eigenvalue weighted by Gasteiger charge is 2.34. The summed E-state index contributed by atoms with van der Waals surface area (Å²) < 4.78 is 61.9. The van der Waals surface area contributed by atoms with E-state index in [2.05, 4.69) is 17.5 Å². The van der Waals surface area contributed by atoms with Gasteiger partial charge in [-0.15, -0.1) is 0 Å². The Hall–Kier alpha value is -3.32. The van der Waals surface area contributed by atoms with Crippen LogP contribution in [0.25, 0.3) is 0 Å². The van der Waals surface area contributed by atoms with Crippen LogP contribution in [0.2, 0.25) is 0 Å². The van der Waals surface area contributed by atoms with Crippen molar-refractivity contribution in [2.24, 2.45) is 5.73 Å². The van der Waals surface area contributed by atoms with Crippen molar-refractivity contribution in [1.82, 2.24) is 5.32 Å². The van der Waals surface area contributed by atoms with Crippen LogP contribution in [0.5, 0.6) is 0 Å². The molecular weight excluding hydrogens is 731 g/mol. The highest BCUT2D eigenvalue weighted by atomic mass is 32.2. The zero-order valence-electron chi connectivity index (χ0n) is 28.1. The van der Waals surface area contributed by atoms with Crippen LogP contribution in [0.15, 0.2) is 36.4 Å². The molecule has 4 fully saturated rings. The van der Waals surface area contributed by atoms with Crippen molar-refractivity contribution in [3.8, 4) is 0 Å². The number of cyclic esters (lactones) is 2. The van der Waals surface area contributed by atoms with E-state index in [9.17, 15) is 26.8 Å². The van der Waals surface area contributed by atoms with Gasteiger partial charge in [-0.3, -0.25) is 18.2 Å². The number of nitrogens with one attached hydrogen (secondary N) is 1. The lowest BCUT2D eigenvalue weighted by molar-refractivity contribution is 0.134. The van der Waals surface area contributed by atoms with Crippen LogP contribution in [0.4, 0.5) is 41.1 Å². The number of hydrogen-bond donors (Lipinski definition) is 2. The Kier molecular flexibility index (Phi) is 14.4. The molecule has 274 valence electrons. The summed E-state index contributed by atoms with van der Waals surface area (Å²) in [5, 5.41) is 2.87. The van der Waals surface area contributed by atoms with E-state index in [4.69, 9.17) is 27.4 Å². The molecule has 0 radical (unpaired) electrons. The predicted octanol–water partition coefficient (Wildman–Crippen LogP) is 3.69. The van der Waals surface area contributed by atoms with Gasteiger partial charge >= 0.3 is 12.2 Å².